The van der Waals surface area contributed by atoms with Crippen molar-refractivity contribution >= 4 is 16.9 Å². The number of cyclic esters (lactones) is 1. The van der Waals surface area contributed by atoms with E-state index in [4.69, 9.17) is 14.2 Å². The van der Waals surface area contributed by atoms with Gasteiger partial charge in [0.25, 0.3) is 0 Å². The topological polar surface area (TPSA) is 77.6 Å². The van der Waals surface area contributed by atoms with Gasteiger partial charge in [-0.15, -0.1) is 0 Å². The molecule has 6 heteroatoms. The molecule has 0 aliphatic carbocycles. The van der Waals surface area contributed by atoms with Gasteiger partial charge in [-0.25, -0.2) is 4.79 Å². The van der Waals surface area contributed by atoms with E-state index in [0.717, 1.165) is 11.1 Å². The number of rotatable bonds is 2. The average Bonchev–Trinajstić information content (AvgIpc) is 2.78. The van der Waals surface area contributed by atoms with Gasteiger partial charge in [0.15, 0.2) is 0 Å². The van der Waals surface area contributed by atoms with E-state index in [-0.39, 0.29) is 12.2 Å². The summed E-state index contributed by atoms with van der Waals surface area (Å²) < 4.78 is 16.5. The highest BCUT2D eigenvalue weighted by Gasteiger charge is 2.29. The number of ether oxygens (including phenoxy) is 3. The highest BCUT2D eigenvalue weighted by atomic mass is 16.5. The number of pyridine rings is 1. The summed E-state index contributed by atoms with van der Waals surface area (Å²) in [5.41, 5.74) is 3.72. The molecule has 0 radical (unpaired) electrons. The Labute approximate surface area is 149 Å². The van der Waals surface area contributed by atoms with Gasteiger partial charge in [-0.1, -0.05) is 6.07 Å². The molecule has 0 fully saturated rings. The Morgan fingerprint density at radius 1 is 1.00 bits per heavy atom. The molecule has 3 aromatic rings. The van der Waals surface area contributed by atoms with Gasteiger partial charge in [-0.05, 0) is 30.7 Å². The fraction of sp³-hybridized carbons (Fsp3) is 0.200. The fourth-order valence-electron chi connectivity index (χ4n) is 3.59. The van der Waals surface area contributed by atoms with Crippen LogP contribution in [0.5, 0.6) is 11.5 Å². The average molecular weight is 351 g/mol. The molecule has 26 heavy (non-hydrogen) atoms. The Hall–Kier alpha value is -3.28. The molecule has 0 spiro atoms. The minimum absolute atomic E-state index is 0.0765. The summed E-state index contributed by atoms with van der Waals surface area (Å²) in [5, 5.41) is 0.671. The van der Waals surface area contributed by atoms with Gasteiger partial charge in [-0.3, -0.25) is 4.79 Å². The zero-order chi connectivity index (χ0) is 18.4. The minimum Gasteiger partial charge on any atom is -0.496 e. The normalized spacial score (nSPS) is 12.8. The van der Waals surface area contributed by atoms with Crippen LogP contribution in [0.3, 0.4) is 0 Å². The standard InChI is InChI=1S/C20H17NO5/c1-10-8-16(22)21-13-5-4-11-18-12(9-26-20(23)19(11)17(10)13)14(24-2)6-7-15(18)25-3/h4-8H,9H2,1-3H3,(H,21,22). The number of carbonyl (C=O) groups is 1. The predicted molar refractivity (Wildman–Crippen MR) is 97.0 cm³/mol. The highest BCUT2D eigenvalue weighted by Crippen LogP contribution is 2.44. The van der Waals surface area contributed by atoms with Crippen molar-refractivity contribution in [2.24, 2.45) is 0 Å². The molecule has 2 heterocycles. The molecular formula is C20H17NO5. The molecular weight excluding hydrogens is 334 g/mol. The van der Waals surface area contributed by atoms with E-state index in [1.807, 2.05) is 0 Å². The van der Waals surface area contributed by atoms with Gasteiger partial charge in [0.05, 0.1) is 19.8 Å². The maximum atomic E-state index is 12.8. The molecule has 0 unspecified atom stereocenters. The summed E-state index contributed by atoms with van der Waals surface area (Å²) >= 11 is 0. The third-order valence-corrected chi connectivity index (χ3v) is 4.70. The Morgan fingerprint density at radius 2 is 1.73 bits per heavy atom. The lowest BCUT2D eigenvalue weighted by molar-refractivity contribution is 0.0478. The van der Waals surface area contributed by atoms with Gasteiger partial charge >= 0.3 is 5.97 Å². The number of benzene rings is 2. The first-order chi connectivity index (χ1) is 12.5. The molecule has 1 N–H and O–H groups in total. The summed E-state index contributed by atoms with van der Waals surface area (Å²) in [4.78, 5) is 27.4. The van der Waals surface area contributed by atoms with E-state index in [9.17, 15) is 9.59 Å². The summed E-state index contributed by atoms with van der Waals surface area (Å²) in [6, 6.07) is 8.68. The number of H-pyrrole nitrogens is 1. The number of nitrogens with one attached hydrogen (secondary N) is 1. The number of aryl methyl sites for hydroxylation is 1. The van der Waals surface area contributed by atoms with E-state index < -0.39 is 5.97 Å². The molecule has 1 aromatic heterocycles. The smallest absolute Gasteiger partial charge is 0.339 e. The Balaban J connectivity index is 2.18. The second-order valence-electron chi connectivity index (χ2n) is 6.13. The van der Waals surface area contributed by atoms with Crippen LogP contribution in [0.4, 0.5) is 0 Å². The zero-order valence-electron chi connectivity index (χ0n) is 14.6. The summed E-state index contributed by atoms with van der Waals surface area (Å²) in [7, 11) is 3.16. The number of aromatic amines is 1. The molecule has 1 aliphatic heterocycles. The maximum Gasteiger partial charge on any atom is 0.339 e. The van der Waals surface area contributed by atoms with Crippen molar-refractivity contribution in [3.63, 3.8) is 0 Å². The van der Waals surface area contributed by atoms with Crippen molar-refractivity contribution in [3.05, 3.63) is 57.4 Å². The number of fused-ring (bicyclic) bond motifs is 5. The van der Waals surface area contributed by atoms with Crippen LogP contribution in [0.1, 0.15) is 21.5 Å². The first kappa shape index (κ1) is 16.2. The minimum atomic E-state index is -0.443. The molecule has 2 aromatic carbocycles. The lowest BCUT2D eigenvalue weighted by atomic mass is 9.91. The van der Waals surface area contributed by atoms with Gasteiger partial charge < -0.3 is 19.2 Å². The summed E-state index contributed by atoms with van der Waals surface area (Å²) in [6.07, 6.45) is 0. The van der Waals surface area contributed by atoms with Crippen molar-refractivity contribution in [2.45, 2.75) is 13.5 Å². The number of hydrogen-bond donors (Lipinski definition) is 1. The monoisotopic (exact) mass is 351 g/mol. The van der Waals surface area contributed by atoms with E-state index in [2.05, 4.69) is 4.98 Å². The second-order valence-corrected chi connectivity index (χ2v) is 6.13. The third-order valence-electron chi connectivity index (χ3n) is 4.70. The zero-order valence-corrected chi connectivity index (χ0v) is 14.6. The van der Waals surface area contributed by atoms with E-state index in [1.54, 1.807) is 45.4 Å². The van der Waals surface area contributed by atoms with Crippen molar-refractivity contribution < 1.29 is 19.0 Å². The summed E-state index contributed by atoms with van der Waals surface area (Å²) in [6.45, 7) is 1.88. The van der Waals surface area contributed by atoms with Crippen molar-refractivity contribution in [2.75, 3.05) is 14.2 Å². The van der Waals surface area contributed by atoms with Crippen LogP contribution in [-0.2, 0) is 11.3 Å². The van der Waals surface area contributed by atoms with Gasteiger partial charge in [0, 0.05) is 33.7 Å². The molecule has 0 atom stereocenters. The SMILES string of the molecule is COc1ccc(OC)c2c1COC(=O)c1c-2ccc2[nH]c(=O)cc(C)c12. The van der Waals surface area contributed by atoms with Crippen molar-refractivity contribution in [1.29, 1.82) is 0 Å². The van der Waals surface area contributed by atoms with E-state index in [1.165, 1.54) is 6.07 Å². The maximum absolute atomic E-state index is 12.8. The van der Waals surface area contributed by atoms with Crippen molar-refractivity contribution in [3.8, 4) is 22.6 Å². The van der Waals surface area contributed by atoms with E-state index >= 15 is 0 Å². The molecule has 0 bridgehead atoms. The van der Waals surface area contributed by atoms with Gasteiger partial charge in [0.2, 0.25) is 5.56 Å². The first-order valence-electron chi connectivity index (χ1n) is 8.13. The molecule has 4 rings (SSSR count). The molecule has 132 valence electrons. The highest BCUT2D eigenvalue weighted by molar-refractivity contribution is 6.11. The van der Waals surface area contributed by atoms with Gasteiger partial charge in [-0.2, -0.15) is 0 Å². The van der Waals surface area contributed by atoms with Crippen LogP contribution in [0.2, 0.25) is 0 Å². The van der Waals surface area contributed by atoms with Crippen LogP contribution in [0, 0.1) is 6.92 Å². The first-order valence-corrected chi connectivity index (χ1v) is 8.13. The molecule has 1 aliphatic rings. The fourth-order valence-corrected chi connectivity index (χ4v) is 3.59. The molecule has 0 amide bonds. The Bertz CT molecular complexity index is 1110. The third kappa shape index (κ3) is 2.26. The number of aromatic nitrogens is 1. The van der Waals surface area contributed by atoms with Crippen molar-refractivity contribution in [1.82, 2.24) is 4.98 Å². The molecule has 6 nitrogen and oxygen atoms in total. The Kier molecular flexibility index (Phi) is 3.68. The number of carbonyl (C=O) groups excluding carboxylic acids is 1. The lowest BCUT2D eigenvalue weighted by Crippen LogP contribution is -2.10. The van der Waals surface area contributed by atoms with Crippen LogP contribution in [-0.4, -0.2) is 25.2 Å². The Morgan fingerprint density at radius 3 is 2.46 bits per heavy atom. The van der Waals surface area contributed by atoms with Crippen LogP contribution < -0.4 is 15.0 Å². The quantitative estimate of drug-likeness (QED) is 0.718. The lowest BCUT2D eigenvalue weighted by Gasteiger charge is -2.16. The molecule has 0 saturated carbocycles. The van der Waals surface area contributed by atoms with E-state index in [0.29, 0.717) is 39.1 Å². The van der Waals surface area contributed by atoms with Crippen LogP contribution in [0.15, 0.2) is 35.1 Å². The van der Waals surface area contributed by atoms with Crippen LogP contribution in [0.25, 0.3) is 22.0 Å². The number of esters is 1. The second kappa shape index (κ2) is 5.91. The van der Waals surface area contributed by atoms with Crippen LogP contribution >= 0.6 is 0 Å². The van der Waals surface area contributed by atoms with Gasteiger partial charge in [0.1, 0.15) is 18.1 Å². The molecule has 0 saturated heterocycles. The number of methoxy groups -OCH3 is 2. The largest absolute Gasteiger partial charge is 0.496 e. The number of hydrogen-bond acceptors (Lipinski definition) is 5. The summed E-state index contributed by atoms with van der Waals surface area (Å²) in [5.74, 6) is 0.808. The predicted octanol–water partition coefficient (Wildman–Crippen LogP) is 3.19.